The van der Waals surface area contributed by atoms with Gasteiger partial charge in [-0.1, -0.05) is 0 Å². The van der Waals surface area contributed by atoms with Crippen LogP contribution in [-0.2, 0) is 11.8 Å². The van der Waals surface area contributed by atoms with Crippen molar-refractivity contribution in [3.05, 3.63) is 18.2 Å². The van der Waals surface area contributed by atoms with E-state index in [-0.39, 0.29) is 0 Å². The SMILES string of the molecule is COCCCCOc1nn(C)c2ccc(N)cc12. The summed E-state index contributed by atoms with van der Waals surface area (Å²) in [6, 6.07) is 5.72. The van der Waals surface area contributed by atoms with Crippen molar-refractivity contribution in [3.63, 3.8) is 0 Å². The largest absolute Gasteiger partial charge is 0.476 e. The third-order valence-electron chi connectivity index (χ3n) is 2.82. The number of nitrogens with two attached hydrogens (primary N) is 1. The number of aromatic nitrogens is 2. The van der Waals surface area contributed by atoms with E-state index in [4.69, 9.17) is 15.2 Å². The Morgan fingerprint density at radius 2 is 2.06 bits per heavy atom. The molecule has 1 aromatic carbocycles. The van der Waals surface area contributed by atoms with Crippen LogP contribution >= 0.6 is 0 Å². The third-order valence-corrected chi connectivity index (χ3v) is 2.82. The normalized spacial score (nSPS) is 11.0. The molecule has 98 valence electrons. The maximum Gasteiger partial charge on any atom is 0.240 e. The number of nitrogen functional groups attached to an aromatic ring is 1. The minimum atomic E-state index is 0.643. The zero-order valence-corrected chi connectivity index (χ0v) is 10.8. The van der Waals surface area contributed by atoms with Crippen LogP contribution < -0.4 is 10.5 Å². The Labute approximate surface area is 106 Å². The van der Waals surface area contributed by atoms with Gasteiger partial charge in [0.2, 0.25) is 5.88 Å². The second kappa shape index (κ2) is 5.73. The van der Waals surface area contributed by atoms with Gasteiger partial charge in [0.1, 0.15) is 0 Å². The van der Waals surface area contributed by atoms with Crippen LogP contribution in [0.4, 0.5) is 5.69 Å². The molecule has 0 spiro atoms. The first-order valence-corrected chi connectivity index (χ1v) is 6.06. The Bertz CT molecular complexity index is 522. The lowest BCUT2D eigenvalue weighted by Gasteiger charge is -2.03. The van der Waals surface area contributed by atoms with E-state index in [0.29, 0.717) is 12.5 Å². The Morgan fingerprint density at radius 1 is 1.28 bits per heavy atom. The smallest absolute Gasteiger partial charge is 0.240 e. The molecule has 5 nitrogen and oxygen atoms in total. The van der Waals surface area contributed by atoms with Gasteiger partial charge in [0.05, 0.1) is 17.5 Å². The summed E-state index contributed by atoms with van der Waals surface area (Å²) in [5.41, 5.74) is 7.53. The number of rotatable bonds is 6. The molecule has 0 amide bonds. The summed E-state index contributed by atoms with van der Waals surface area (Å²) in [5.74, 6) is 0.650. The number of nitrogens with zero attached hydrogens (tertiary/aromatic N) is 2. The molecule has 0 unspecified atom stereocenters. The molecule has 2 rings (SSSR count). The van der Waals surface area contributed by atoms with E-state index in [0.717, 1.165) is 36.0 Å². The average Bonchev–Trinajstić information content (AvgIpc) is 2.66. The van der Waals surface area contributed by atoms with Gasteiger partial charge in [0, 0.05) is 26.5 Å². The lowest BCUT2D eigenvalue weighted by molar-refractivity contribution is 0.183. The first kappa shape index (κ1) is 12.7. The van der Waals surface area contributed by atoms with E-state index in [1.807, 2.05) is 25.2 Å². The zero-order valence-electron chi connectivity index (χ0n) is 10.8. The van der Waals surface area contributed by atoms with Gasteiger partial charge in [-0.3, -0.25) is 4.68 Å². The predicted octanol–water partition coefficient (Wildman–Crippen LogP) is 1.96. The lowest BCUT2D eigenvalue weighted by atomic mass is 10.2. The molecule has 1 aromatic heterocycles. The Hall–Kier alpha value is -1.75. The van der Waals surface area contributed by atoms with Crippen molar-refractivity contribution in [1.82, 2.24) is 9.78 Å². The van der Waals surface area contributed by atoms with E-state index in [9.17, 15) is 0 Å². The molecular weight excluding hydrogens is 230 g/mol. The van der Waals surface area contributed by atoms with E-state index in [1.165, 1.54) is 0 Å². The maximum absolute atomic E-state index is 5.79. The molecule has 2 aromatic rings. The van der Waals surface area contributed by atoms with Gasteiger partial charge in [-0.25, -0.2) is 0 Å². The van der Waals surface area contributed by atoms with E-state index in [1.54, 1.807) is 11.8 Å². The summed E-state index contributed by atoms with van der Waals surface area (Å²) in [4.78, 5) is 0. The molecule has 0 radical (unpaired) electrons. The van der Waals surface area contributed by atoms with E-state index in [2.05, 4.69) is 5.10 Å². The molecule has 0 aliphatic carbocycles. The van der Waals surface area contributed by atoms with Crippen molar-refractivity contribution in [2.75, 3.05) is 26.1 Å². The molecule has 1 heterocycles. The van der Waals surface area contributed by atoms with Gasteiger partial charge in [-0.2, -0.15) is 0 Å². The number of ether oxygens (including phenoxy) is 2. The Morgan fingerprint density at radius 3 is 2.83 bits per heavy atom. The van der Waals surface area contributed by atoms with Crippen LogP contribution in [0.3, 0.4) is 0 Å². The van der Waals surface area contributed by atoms with E-state index >= 15 is 0 Å². The number of hydrogen-bond acceptors (Lipinski definition) is 4. The van der Waals surface area contributed by atoms with Gasteiger partial charge in [-0.15, -0.1) is 5.10 Å². The van der Waals surface area contributed by atoms with Crippen LogP contribution in [-0.4, -0.2) is 30.1 Å². The fourth-order valence-electron chi connectivity index (χ4n) is 1.88. The molecule has 0 saturated carbocycles. The van der Waals surface area contributed by atoms with Gasteiger partial charge >= 0.3 is 0 Å². The van der Waals surface area contributed by atoms with Crippen LogP contribution in [0, 0.1) is 0 Å². The molecule has 0 atom stereocenters. The number of methoxy groups -OCH3 is 1. The van der Waals surface area contributed by atoms with E-state index < -0.39 is 0 Å². The van der Waals surface area contributed by atoms with Crippen LogP contribution in [0.15, 0.2) is 18.2 Å². The summed E-state index contributed by atoms with van der Waals surface area (Å²) in [6.45, 7) is 1.41. The lowest BCUT2D eigenvalue weighted by Crippen LogP contribution is -2.00. The maximum atomic E-state index is 5.79. The second-order valence-corrected chi connectivity index (χ2v) is 4.25. The molecule has 0 saturated heterocycles. The van der Waals surface area contributed by atoms with Crippen molar-refractivity contribution in [1.29, 1.82) is 0 Å². The quantitative estimate of drug-likeness (QED) is 0.628. The van der Waals surface area contributed by atoms with Crippen molar-refractivity contribution < 1.29 is 9.47 Å². The van der Waals surface area contributed by atoms with Crippen molar-refractivity contribution in [2.45, 2.75) is 12.8 Å². The number of anilines is 1. The molecular formula is C13H19N3O2. The third kappa shape index (κ3) is 2.73. The summed E-state index contributed by atoms with van der Waals surface area (Å²) in [6.07, 6.45) is 1.94. The first-order chi connectivity index (χ1) is 8.72. The fraction of sp³-hybridized carbons (Fsp3) is 0.462. The molecule has 0 bridgehead atoms. The van der Waals surface area contributed by atoms with Crippen LogP contribution in [0.1, 0.15) is 12.8 Å². The fourth-order valence-corrected chi connectivity index (χ4v) is 1.88. The van der Waals surface area contributed by atoms with Gasteiger partial charge in [0.15, 0.2) is 0 Å². The molecule has 2 N–H and O–H groups in total. The standard InChI is InChI=1S/C13H19N3O2/c1-16-12-6-5-10(14)9-11(12)13(15-16)18-8-4-3-7-17-2/h5-6,9H,3-4,7-8,14H2,1-2H3. The number of aryl methyl sites for hydroxylation is 1. The summed E-state index contributed by atoms with van der Waals surface area (Å²) in [5, 5.41) is 5.32. The molecule has 5 heteroatoms. The highest BCUT2D eigenvalue weighted by Gasteiger charge is 2.09. The monoisotopic (exact) mass is 249 g/mol. The van der Waals surface area contributed by atoms with Crippen molar-refractivity contribution in [3.8, 4) is 5.88 Å². The van der Waals surface area contributed by atoms with Crippen LogP contribution in [0.25, 0.3) is 10.9 Å². The summed E-state index contributed by atoms with van der Waals surface area (Å²) in [7, 11) is 3.60. The number of unbranched alkanes of at least 4 members (excludes halogenated alkanes) is 1. The minimum absolute atomic E-state index is 0.643. The summed E-state index contributed by atoms with van der Waals surface area (Å²) >= 11 is 0. The number of hydrogen-bond donors (Lipinski definition) is 1. The van der Waals surface area contributed by atoms with Gasteiger partial charge in [-0.05, 0) is 31.0 Å². The summed E-state index contributed by atoms with van der Waals surface area (Å²) < 4.78 is 12.5. The van der Waals surface area contributed by atoms with Gasteiger partial charge < -0.3 is 15.2 Å². The average molecular weight is 249 g/mol. The second-order valence-electron chi connectivity index (χ2n) is 4.25. The van der Waals surface area contributed by atoms with Gasteiger partial charge in [0.25, 0.3) is 0 Å². The molecule has 0 aliphatic heterocycles. The first-order valence-electron chi connectivity index (χ1n) is 6.06. The number of benzene rings is 1. The zero-order chi connectivity index (χ0) is 13.0. The topological polar surface area (TPSA) is 62.3 Å². The Kier molecular flexibility index (Phi) is 4.04. The highest BCUT2D eigenvalue weighted by atomic mass is 16.5. The van der Waals surface area contributed by atoms with Crippen LogP contribution in [0.2, 0.25) is 0 Å². The van der Waals surface area contributed by atoms with Crippen LogP contribution in [0.5, 0.6) is 5.88 Å². The van der Waals surface area contributed by atoms with Crippen molar-refractivity contribution in [2.24, 2.45) is 7.05 Å². The Balaban J connectivity index is 2.06. The molecule has 0 aliphatic rings. The molecule has 0 fully saturated rings. The molecule has 18 heavy (non-hydrogen) atoms. The predicted molar refractivity (Wildman–Crippen MR) is 71.7 cm³/mol. The number of fused-ring (bicyclic) bond motifs is 1. The van der Waals surface area contributed by atoms with Crippen molar-refractivity contribution >= 4 is 16.6 Å². The minimum Gasteiger partial charge on any atom is -0.476 e. The highest BCUT2D eigenvalue weighted by Crippen LogP contribution is 2.26. The highest BCUT2D eigenvalue weighted by molar-refractivity contribution is 5.87.